The zero-order valence-electron chi connectivity index (χ0n) is 7.31. The summed E-state index contributed by atoms with van der Waals surface area (Å²) in [5, 5.41) is 0. The number of hydrogen-bond acceptors (Lipinski definition) is 1. The van der Waals surface area contributed by atoms with Crippen LogP contribution in [-0.4, -0.2) is 17.1 Å². The lowest BCUT2D eigenvalue weighted by atomic mass is 9.99. The second-order valence-corrected chi connectivity index (χ2v) is 3.36. The molecule has 60 valence electrons. The zero-order chi connectivity index (χ0) is 7.98. The summed E-state index contributed by atoms with van der Waals surface area (Å²) < 4.78 is 5.11. The maximum absolute atomic E-state index is 5.11. The molecule has 0 aliphatic heterocycles. The molecule has 0 fully saturated rings. The molecule has 10 heavy (non-hydrogen) atoms. The van der Waals surface area contributed by atoms with Gasteiger partial charge in [0.15, 0.2) is 0 Å². The quantitative estimate of drug-likeness (QED) is 0.432. The van der Waals surface area contributed by atoms with E-state index < -0.39 is 0 Å². The summed E-state index contributed by atoms with van der Waals surface area (Å²) in [7, 11) is 0.826. The van der Waals surface area contributed by atoms with Crippen LogP contribution in [0.3, 0.4) is 0 Å². The minimum Gasteiger partial charge on any atom is -0.424 e. The van der Waals surface area contributed by atoms with Gasteiger partial charge in [0.05, 0.1) is 6.61 Å². The van der Waals surface area contributed by atoms with Crippen LogP contribution in [0, 0.1) is 5.92 Å². The summed E-state index contributed by atoms with van der Waals surface area (Å²) in [6, 6.07) is 0. The Balaban J connectivity index is 3.49. The molecule has 0 rings (SSSR count). The standard InChI is InChI=1S/C8H18OSi/c1-4-5-7(2)8(3)6-9-10/h7H,3-6H2,1-2,10H3. The maximum Gasteiger partial charge on any atom is 0.146 e. The van der Waals surface area contributed by atoms with Gasteiger partial charge < -0.3 is 4.43 Å². The van der Waals surface area contributed by atoms with E-state index in [-0.39, 0.29) is 0 Å². The van der Waals surface area contributed by atoms with Gasteiger partial charge in [0.25, 0.3) is 0 Å². The fraction of sp³-hybridized carbons (Fsp3) is 0.750. The van der Waals surface area contributed by atoms with Crippen molar-refractivity contribution in [3.8, 4) is 0 Å². The molecule has 0 spiro atoms. The van der Waals surface area contributed by atoms with Gasteiger partial charge in [-0.05, 0) is 12.3 Å². The van der Waals surface area contributed by atoms with E-state index >= 15 is 0 Å². The van der Waals surface area contributed by atoms with E-state index in [1.165, 1.54) is 18.4 Å². The Hall–Kier alpha value is -0.0831. The van der Waals surface area contributed by atoms with Crippen molar-refractivity contribution in [1.82, 2.24) is 0 Å². The Bertz CT molecular complexity index is 101. The molecule has 0 aliphatic carbocycles. The molecule has 0 radical (unpaired) electrons. The normalized spacial score (nSPS) is 13.4. The Morgan fingerprint density at radius 2 is 2.30 bits per heavy atom. The predicted octanol–water partition coefficient (Wildman–Crippen LogP) is 1.28. The Labute approximate surface area is 67.0 Å². The predicted molar refractivity (Wildman–Crippen MR) is 49.1 cm³/mol. The fourth-order valence-corrected chi connectivity index (χ4v) is 1.34. The van der Waals surface area contributed by atoms with Crippen LogP contribution in [0.5, 0.6) is 0 Å². The lowest BCUT2D eigenvalue weighted by Crippen LogP contribution is -2.03. The van der Waals surface area contributed by atoms with E-state index in [2.05, 4.69) is 20.4 Å². The van der Waals surface area contributed by atoms with E-state index in [4.69, 9.17) is 4.43 Å². The summed E-state index contributed by atoms with van der Waals surface area (Å²) in [5.74, 6) is 0.638. The molecule has 0 aromatic carbocycles. The highest BCUT2D eigenvalue weighted by Crippen LogP contribution is 2.13. The third-order valence-corrected chi connectivity index (χ3v) is 2.04. The molecule has 0 aliphatic rings. The molecular weight excluding hydrogens is 140 g/mol. The summed E-state index contributed by atoms with van der Waals surface area (Å²) in [6.07, 6.45) is 2.48. The highest BCUT2D eigenvalue weighted by molar-refractivity contribution is 5.98. The molecule has 0 bridgehead atoms. The van der Waals surface area contributed by atoms with Crippen molar-refractivity contribution in [2.45, 2.75) is 26.7 Å². The molecule has 0 aromatic heterocycles. The minimum absolute atomic E-state index is 0.638. The molecule has 2 heteroatoms. The van der Waals surface area contributed by atoms with Gasteiger partial charge >= 0.3 is 0 Å². The molecule has 0 N–H and O–H groups in total. The first-order valence-electron chi connectivity index (χ1n) is 3.89. The fourth-order valence-electron chi connectivity index (χ4n) is 0.965. The molecule has 0 heterocycles. The Morgan fingerprint density at radius 1 is 1.70 bits per heavy atom. The van der Waals surface area contributed by atoms with Crippen LogP contribution in [0.4, 0.5) is 0 Å². The summed E-state index contributed by atoms with van der Waals surface area (Å²) >= 11 is 0. The molecule has 0 aromatic rings. The molecular formula is C8H18OSi. The van der Waals surface area contributed by atoms with Crippen LogP contribution in [0.25, 0.3) is 0 Å². The van der Waals surface area contributed by atoms with Crippen molar-refractivity contribution in [2.24, 2.45) is 5.92 Å². The SMILES string of the molecule is C=C(CO[SiH3])C(C)CCC. The van der Waals surface area contributed by atoms with E-state index in [1.54, 1.807) is 0 Å². The molecule has 0 amide bonds. The average molecular weight is 158 g/mol. The van der Waals surface area contributed by atoms with Crippen LogP contribution in [0.15, 0.2) is 12.2 Å². The van der Waals surface area contributed by atoms with E-state index in [9.17, 15) is 0 Å². The first-order valence-corrected chi connectivity index (χ1v) is 4.70. The molecule has 0 saturated carbocycles. The third kappa shape index (κ3) is 3.85. The topological polar surface area (TPSA) is 9.23 Å². The highest BCUT2D eigenvalue weighted by Gasteiger charge is 2.03. The van der Waals surface area contributed by atoms with Gasteiger partial charge in [0.2, 0.25) is 0 Å². The van der Waals surface area contributed by atoms with Crippen molar-refractivity contribution in [3.63, 3.8) is 0 Å². The van der Waals surface area contributed by atoms with E-state index in [1.807, 2.05) is 0 Å². The van der Waals surface area contributed by atoms with Gasteiger partial charge in [-0.25, -0.2) is 0 Å². The van der Waals surface area contributed by atoms with Crippen LogP contribution in [0.2, 0.25) is 0 Å². The number of hydrogen-bond donors (Lipinski definition) is 0. The summed E-state index contributed by atoms with van der Waals surface area (Å²) in [5.41, 5.74) is 1.25. The first kappa shape index (κ1) is 9.92. The van der Waals surface area contributed by atoms with E-state index in [0.29, 0.717) is 5.92 Å². The smallest absolute Gasteiger partial charge is 0.146 e. The van der Waals surface area contributed by atoms with Gasteiger partial charge in [-0.2, -0.15) is 0 Å². The molecule has 1 nitrogen and oxygen atoms in total. The van der Waals surface area contributed by atoms with Crippen molar-refractivity contribution in [1.29, 1.82) is 0 Å². The monoisotopic (exact) mass is 158 g/mol. The lowest BCUT2D eigenvalue weighted by molar-refractivity contribution is 0.366. The summed E-state index contributed by atoms with van der Waals surface area (Å²) in [4.78, 5) is 0. The summed E-state index contributed by atoms with van der Waals surface area (Å²) in [6.45, 7) is 9.15. The van der Waals surface area contributed by atoms with Crippen LogP contribution in [0.1, 0.15) is 26.7 Å². The van der Waals surface area contributed by atoms with Crippen molar-refractivity contribution in [3.05, 3.63) is 12.2 Å². The first-order chi connectivity index (χ1) is 4.72. The second-order valence-electron chi connectivity index (χ2n) is 2.78. The minimum atomic E-state index is 0.638. The Kier molecular flexibility index (Phi) is 5.64. The van der Waals surface area contributed by atoms with Gasteiger partial charge in [0, 0.05) is 0 Å². The highest BCUT2D eigenvalue weighted by atomic mass is 28.2. The van der Waals surface area contributed by atoms with Crippen molar-refractivity contribution >= 4 is 10.5 Å². The van der Waals surface area contributed by atoms with Gasteiger partial charge in [-0.15, -0.1) is 0 Å². The lowest BCUT2D eigenvalue weighted by Gasteiger charge is -2.12. The third-order valence-electron chi connectivity index (χ3n) is 1.75. The second kappa shape index (κ2) is 5.68. The maximum atomic E-state index is 5.11. The average Bonchev–Trinajstić information content (AvgIpc) is 1.89. The molecule has 1 unspecified atom stereocenters. The zero-order valence-corrected chi connectivity index (χ0v) is 9.31. The van der Waals surface area contributed by atoms with Gasteiger partial charge in [-0.3, -0.25) is 0 Å². The van der Waals surface area contributed by atoms with Crippen LogP contribution < -0.4 is 0 Å². The van der Waals surface area contributed by atoms with Crippen molar-refractivity contribution in [2.75, 3.05) is 6.61 Å². The van der Waals surface area contributed by atoms with Crippen LogP contribution >= 0.6 is 0 Å². The van der Waals surface area contributed by atoms with Gasteiger partial charge in [0.1, 0.15) is 10.5 Å². The van der Waals surface area contributed by atoms with Crippen LogP contribution in [-0.2, 0) is 4.43 Å². The molecule has 1 atom stereocenters. The van der Waals surface area contributed by atoms with Crippen molar-refractivity contribution < 1.29 is 4.43 Å². The Morgan fingerprint density at radius 3 is 2.70 bits per heavy atom. The molecule has 0 saturated heterocycles. The number of rotatable bonds is 5. The van der Waals surface area contributed by atoms with E-state index in [0.717, 1.165) is 17.1 Å². The van der Waals surface area contributed by atoms with Gasteiger partial charge in [-0.1, -0.05) is 32.4 Å². The largest absolute Gasteiger partial charge is 0.424 e.